The van der Waals surface area contributed by atoms with Gasteiger partial charge in [0.25, 0.3) is 0 Å². The van der Waals surface area contributed by atoms with Crippen molar-refractivity contribution in [2.24, 2.45) is 0 Å². The van der Waals surface area contributed by atoms with E-state index in [1.54, 1.807) is 36.5 Å². The Kier molecular flexibility index (Phi) is 15.7. The second kappa shape index (κ2) is 24.2. The van der Waals surface area contributed by atoms with Crippen LogP contribution in [-0.4, -0.2) is 106 Å². The van der Waals surface area contributed by atoms with Gasteiger partial charge in [-0.05, 0) is 123 Å². The Hall–Kier alpha value is -12.2. The van der Waals surface area contributed by atoms with Crippen molar-refractivity contribution >= 4 is 58.0 Å². The van der Waals surface area contributed by atoms with E-state index in [-0.39, 0.29) is 104 Å². The van der Waals surface area contributed by atoms with Crippen LogP contribution in [0.3, 0.4) is 0 Å². The number of hydrogen-bond donors (Lipinski definition) is 14. The summed E-state index contributed by atoms with van der Waals surface area (Å²) in [6.07, 6.45) is 1.15. The van der Waals surface area contributed by atoms with Crippen LogP contribution in [0.4, 0.5) is 5.69 Å². The monoisotopic (exact) mass is 1230 g/mol. The number of nitrogens with zero attached hydrogens (tertiary/aromatic N) is 1. The molecule has 24 nitrogen and oxygen atoms in total. The number of carbonyl (C=O) groups excluding carboxylic acids is 6. The number of phenolic OH excluding ortho intramolecular Hbond substituents is 6. The first-order valence-electron chi connectivity index (χ1n) is 28.4. The number of likely N-dealkylation sites (N-methyl/N-ethyl adjacent to an activating group) is 1. The number of ether oxygens (including phenoxy) is 2. The quantitative estimate of drug-likeness (QED) is 0.0759. The zero-order chi connectivity index (χ0) is 63.9. The molecule has 14 N–H and O–H groups in total. The zero-order valence-corrected chi connectivity index (χ0v) is 47.9. The lowest BCUT2D eigenvalue weighted by Gasteiger charge is -2.33. The van der Waals surface area contributed by atoms with Crippen LogP contribution in [0.25, 0.3) is 22.0 Å². The highest BCUT2D eigenvalue weighted by Gasteiger charge is 2.40. The summed E-state index contributed by atoms with van der Waals surface area (Å²) in [7, 11) is 1.30. The topological polar surface area (TPSA) is 371 Å². The summed E-state index contributed by atoms with van der Waals surface area (Å²) < 4.78 is 12.4. The van der Waals surface area contributed by atoms with E-state index < -0.39 is 89.5 Å². The summed E-state index contributed by atoms with van der Waals surface area (Å²) in [5.41, 5.74) is 2.39. The fourth-order valence-electron chi connectivity index (χ4n) is 11.3. The minimum Gasteiger partial charge on any atom is -0.508 e. The molecule has 1 aromatic heterocycles. The number of fused-ring (bicyclic) bond motifs is 14. The number of carbonyl (C=O) groups is 7. The van der Waals surface area contributed by atoms with Crippen LogP contribution in [0.5, 0.6) is 57.5 Å². The number of benzene rings is 8. The number of aromatic nitrogens is 1. The number of carboxylic acid groups (broad SMARTS) is 1. The number of hydrogen-bond acceptors (Lipinski definition) is 16. The van der Waals surface area contributed by atoms with Crippen LogP contribution < -0.4 is 41.4 Å². The van der Waals surface area contributed by atoms with Crippen molar-refractivity contribution in [3.8, 4) is 68.6 Å². The highest BCUT2D eigenvalue weighted by Crippen LogP contribution is 2.44. The fraction of sp³-hybridized carbons (Fsp3) is 0.149. The van der Waals surface area contributed by atoms with Gasteiger partial charge in [0.2, 0.25) is 35.4 Å². The number of aliphatic carboxylic acids is 1. The van der Waals surface area contributed by atoms with E-state index in [9.17, 15) is 50.1 Å². The van der Waals surface area contributed by atoms with Gasteiger partial charge in [-0.2, -0.15) is 0 Å². The second-order valence-electron chi connectivity index (χ2n) is 22.2. The van der Waals surface area contributed by atoms with Crippen molar-refractivity contribution in [1.29, 1.82) is 0 Å². The smallest absolute Gasteiger partial charge is 0.330 e. The number of aromatic hydroxyl groups is 6. The van der Waals surface area contributed by atoms with E-state index in [0.717, 1.165) is 11.0 Å². The molecule has 0 radical (unpaired) electrons. The third kappa shape index (κ3) is 12.3. The minimum atomic E-state index is -1.90. The van der Waals surface area contributed by atoms with Gasteiger partial charge in [-0.3, -0.25) is 28.8 Å². The molecule has 0 aliphatic carbocycles. The van der Waals surface area contributed by atoms with Crippen LogP contribution in [0, 0.1) is 0 Å². The molecule has 9 aromatic rings. The molecule has 7 heterocycles. The summed E-state index contributed by atoms with van der Waals surface area (Å²) in [5.74, 6) is -9.22. The van der Waals surface area contributed by atoms with Gasteiger partial charge in [0.05, 0.1) is 0 Å². The molecule has 24 heteroatoms. The SMILES string of the molecule is CN1C(=O)[C@@H]2NC(=O)[C@@H]3NC(=O)[C@@H](c4ccc(O)cc4)NC(=O)[C@H](NC(=O)C(Nc4cc(O)cc(O)c4)c4ccc(O)cc4)Cc4c[nH]c5cc(ccc45)-c4cc3cc(c4O)Oc3ccc(cc3)C[C@H]1C(=O)N[C@@H](C(=O)O)c1ccc(O)c(c1)Oc1ccc2cc1. The van der Waals surface area contributed by atoms with E-state index in [1.807, 2.05) is 0 Å². The normalized spacial score (nSPS) is 19.5. The van der Waals surface area contributed by atoms with Crippen molar-refractivity contribution in [1.82, 2.24) is 36.5 Å². The Bertz CT molecular complexity index is 4370. The molecular formula is C67H56N8O16. The van der Waals surface area contributed by atoms with Gasteiger partial charge in [0.15, 0.2) is 29.0 Å². The second-order valence-corrected chi connectivity index (χ2v) is 22.2. The number of carboxylic acids is 1. The van der Waals surface area contributed by atoms with E-state index in [0.29, 0.717) is 27.6 Å². The Labute approximate surface area is 516 Å². The molecule has 91 heavy (non-hydrogen) atoms. The van der Waals surface area contributed by atoms with Crippen LogP contribution in [0.2, 0.25) is 0 Å². The average molecular weight is 1230 g/mol. The maximum Gasteiger partial charge on any atom is 0.330 e. The van der Waals surface area contributed by atoms with Crippen molar-refractivity contribution in [2.75, 3.05) is 12.4 Å². The van der Waals surface area contributed by atoms with Crippen molar-refractivity contribution in [2.45, 2.75) is 55.1 Å². The highest BCUT2D eigenvalue weighted by atomic mass is 16.5. The molecule has 0 fully saturated rings. The molecule has 15 bridgehead atoms. The average Bonchev–Trinajstić information content (AvgIpc) is 1.83. The largest absolute Gasteiger partial charge is 0.508 e. The number of H-pyrrole nitrogens is 1. The lowest BCUT2D eigenvalue weighted by Crippen LogP contribution is -2.55. The molecule has 15 rings (SSSR count). The summed E-state index contributed by atoms with van der Waals surface area (Å²) in [5, 5.41) is 92.6. The molecule has 7 atom stereocenters. The van der Waals surface area contributed by atoms with E-state index in [1.165, 1.54) is 134 Å². The number of rotatable bonds is 7. The summed E-state index contributed by atoms with van der Waals surface area (Å²) in [4.78, 5) is 109. The number of amides is 6. The molecule has 460 valence electrons. The standard InChI is InChI=1S/C67H56N8O16/c1-75-51-22-32-2-16-45(17-3-32)91-54-27-38-23-48(60(54)81)36-10-20-47-39(31-68-49(47)24-36)25-50(70-63(84)55(33-4-12-41(76)13-5-33)69-40-28-43(78)30-44(79)29-40)61(82)71-56(34-6-14-42(77)15-7-34)64(85)72-57(38)65(86)73-58(66(75)87)35-8-18-46(19-9-35)90-53-26-37(11-21-52(53)80)59(67(88)89)74-62(51)83/h2-21,23-24,26-31,50-51,55-59,68-69,76-81H,22,25H2,1H3,(H,70,84)(H,71,82)(H,72,85)(H,73,86)(H,74,83)(H,88,89)/t50-,51+,55?,56-,57-,58-,59-/m1/s1. The summed E-state index contributed by atoms with van der Waals surface area (Å²) in [6, 6.07) is 26.4. The Morgan fingerprint density at radius 3 is 1.82 bits per heavy atom. The highest BCUT2D eigenvalue weighted by molar-refractivity contribution is 6.00. The van der Waals surface area contributed by atoms with Gasteiger partial charge in [-0.15, -0.1) is 0 Å². The minimum absolute atomic E-state index is 0.0103. The molecule has 6 amide bonds. The van der Waals surface area contributed by atoms with Gasteiger partial charge >= 0.3 is 5.97 Å². The lowest BCUT2D eigenvalue weighted by atomic mass is 9.94. The fourth-order valence-corrected chi connectivity index (χ4v) is 11.3. The zero-order valence-electron chi connectivity index (χ0n) is 47.9. The molecule has 1 unspecified atom stereocenters. The number of phenols is 6. The summed E-state index contributed by atoms with van der Waals surface area (Å²) >= 11 is 0. The van der Waals surface area contributed by atoms with Gasteiger partial charge in [0.1, 0.15) is 70.7 Å². The van der Waals surface area contributed by atoms with Gasteiger partial charge in [-0.1, -0.05) is 66.7 Å². The molecule has 0 saturated carbocycles. The Balaban J connectivity index is 1.01. The molecule has 0 spiro atoms. The van der Waals surface area contributed by atoms with Crippen molar-refractivity contribution < 1.29 is 78.8 Å². The van der Waals surface area contributed by atoms with Crippen molar-refractivity contribution in [3.63, 3.8) is 0 Å². The van der Waals surface area contributed by atoms with E-state index >= 15 is 19.2 Å². The molecule has 8 aromatic carbocycles. The molecule has 6 aliphatic rings. The Morgan fingerprint density at radius 2 is 1.14 bits per heavy atom. The van der Waals surface area contributed by atoms with Gasteiger partial charge in [0, 0.05) is 66.4 Å². The van der Waals surface area contributed by atoms with Crippen LogP contribution >= 0.6 is 0 Å². The first-order chi connectivity index (χ1) is 43.7. The first kappa shape index (κ1) is 59.1. The molecule has 6 aliphatic heterocycles. The number of nitrogens with one attached hydrogen (secondary N) is 7. The van der Waals surface area contributed by atoms with Gasteiger partial charge in [-0.25, -0.2) is 4.79 Å². The molecule has 0 saturated heterocycles. The number of anilines is 1. The first-order valence-corrected chi connectivity index (χ1v) is 28.4. The van der Waals surface area contributed by atoms with Crippen LogP contribution in [0.15, 0.2) is 170 Å². The summed E-state index contributed by atoms with van der Waals surface area (Å²) in [6.45, 7) is 0. The van der Waals surface area contributed by atoms with Gasteiger partial charge < -0.3 is 87.0 Å². The van der Waals surface area contributed by atoms with E-state index in [2.05, 4.69) is 36.9 Å². The van der Waals surface area contributed by atoms with Crippen LogP contribution in [-0.2, 0) is 46.4 Å². The third-order valence-corrected chi connectivity index (χ3v) is 16.1. The third-order valence-electron chi connectivity index (χ3n) is 16.1. The predicted molar refractivity (Wildman–Crippen MR) is 326 cm³/mol. The maximum atomic E-state index is 15.8. The van der Waals surface area contributed by atoms with Crippen LogP contribution in [0.1, 0.15) is 69.2 Å². The predicted octanol–water partition coefficient (Wildman–Crippen LogP) is 7.06. The Morgan fingerprint density at radius 1 is 0.560 bits per heavy atom. The molecular weight excluding hydrogens is 1170 g/mol. The maximum absolute atomic E-state index is 15.8. The van der Waals surface area contributed by atoms with Crippen molar-refractivity contribution in [3.05, 3.63) is 209 Å². The lowest BCUT2D eigenvalue weighted by molar-refractivity contribution is -0.145. The van der Waals surface area contributed by atoms with E-state index in [4.69, 9.17) is 9.47 Å². The number of aromatic amines is 1.